The molecular weight excluding hydrogens is 216 g/mol. The molecule has 0 fully saturated rings. The molecule has 1 aromatic heterocycles. The van der Waals surface area contributed by atoms with Gasteiger partial charge in [-0.05, 0) is 36.8 Å². The molecule has 4 heteroatoms. The first-order valence-corrected chi connectivity index (χ1v) is 5.57. The lowest BCUT2D eigenvalue weighted by atomic mass is 10.1. The Kier molecular flexibility index (Phi) is 3.80. The highest BCUT2D eigenvalue weighted by Gasteiger charge is 2.15. The minimum absolute atomic E-state index is 0.162. The summed E-state index contributed by atoms with van der Waals surface area (Å²) in [7, 11) is 0. The monoisotopic (exact) mass is 232 g/mol. The van der Waals surface area contributed by atoms with Crippen LogP contribution in [0.4, 0.5) is 0 Å². The molecule has 0 aliphatic carbocycles. The Morgan fingerprint density at radius 2 is 2.24 bits per heavy atom. The molecule has 0 amide bonds. The maximum atomic E-state index is 5.57. The van der Waals surface area contributed by atoms with Crippen molar-refractivity contribution in [3.8, 4) is 5.75 Å². The highest BCUT2D eigenvalue weighted by atomic mass is 16.5. The van der Waals surface area contributed by atoms with Gasteiger partial charge in [0.25, 0.3) is 0 Å². The molecule has 0 saturated carbocycles. The van der Waals surface area contributed by atoms with E-state index in [1.807, 2.05) is 43.3 Å². The number of furan rings is 1. The molecule has 0 aliphatic rings. The normalized spacial score (nSPS) is 12.4. The number of rotatable bonds is 5. The fourth-order valence-electron chi connectivity index (χ4n) is 1.75. The number of hydrogen-bond acceptors (Lipinski definition) is 4. The summed E-state index contributed by atoms with van der Waals surface area (Å²) in [4.78, 5) is 0. The lowest BCUT2D eigenvalue weighted by Gasteiger charge is -2.14. The van der Waals surface area contributed by atoms with Gasteiger partial charge >= 0.3 is 0 Å². The van der Waals surface area contributed by atoms with Crippen molar-refractivity contribution in [3.63, 3.8) is 0 Å². The summed E-state index contributed by atoms with van der Waals surface area (Å²) in [5.41, 5.74) is 3.75. The molecule has 17 heavy (non-hydrogen) atoms. The largest absolute Gasteiger partial charge is 0.494 e. The topological polar surface area (TPSA) is 60.4 Å². The van der Waals surface area contributed by atoms with E-state index in [-0.39, 0.29) is 6.04 Å². The molecule has 4 nitrogen and oxygen atoms in total. The molecule has 90 valence electrons. The van der Waals surface area contributed by atoms with Gasteiger partial charge in [0.15, 0.2) is 0 Å². The predicted octanol–water partition coefficient (Wildman–Crippen LogP) is 2.23. The zero-order valence-electron chi connectivity index (χ0n) is 9.72. The Labute approximate surface area is 100 Å². The van der Waals surface area contributed by atoms with Crippen molar-refractivity contribution >= 4 is 0 Å². The Morgan fingerprint density at radius 3 is 2.88 bits per heavy atom. The summed E-state index contributed by atoms with van der Waals surface area (Å²) in [5.74, 6) is 7.18. The fourth-order valence-corrected chi connectivity index (χ4v) is 1.75. The molecule has 0 bridgehead atoms. The van der Waals surface area contributed by atoms with Crippen molar-refractivity contribution in [1.82, 2.24) is 5.43 Å². The zero-order valence-corrected chi connectivity index (χ0v) is 9.72. The molecular formula is C13H16N2O2. The van der Waals surface area contributed by atoms with Crippen LogP contribution in [0.15, 0.2) is 47.1 Å². The fraction of sp³-hybridized carbons (Fsp3) is 0.231. The van der Waals surface area contributed by atoms with E-state index in [2.05, 4.69) is 5.43 Å². The van der Waals surface area contributed by atoms with Gasteiger partial charge in [-0.15, -0.1) is 0 Å². The van der Waals surface area contributed by atoms with E-state index in [4.69, 9.17) is 15.0 Å². The molecule has 1 aromatic carbocycles. The van der Waals surface area contributed by atoms with Gasteiger partial charge in [-0.2, -0.15) is 0 Å². The SMILES string of the molecule is CCOc1cccc(C(NN)c2ccco2)c1. The van der Waals surface area contributed by atoms with E-state index in [9.17, 15) is 0 Å². The van der Waals surface area contributed by atoms with Crippen molar-refractivity contribution in [2.75, 3.05) is 6.61 Å². The van der Waals surface area contributed by atoms with Gasteiger partial charge in [0.05, 0.1) is 12.9 Å². The lowest BCUT2D eigenvalue weighted by Crippen LogP contribution is -2.28. The number of ether oxygens (including phenoxy) is 1. The number of hydrazine groups is 1. The van der Waals surface area contributed by atoms with Crippen LogP contribution >= 0.6 is 0 Å². The second-order valence-corrected chi connectivity index (χ2v) is 3.62. The van der Waals surface area contributed by atoms with E-state index in [1.165, 1.54) is 0 Å². The smallest absolute Gasteiger partial charge is 0.126 e. The van der Waals surface area contributed by atoms with Crippen LogP contribution in [0.5, 0.6) is 5.75 Å². The van der Waals surface area contributed by atoms with Gasteiger partial charge in [0, 0.05) is 0 Å². The second kappa shape index (κ2) is 5.52. The van der Waals surface area contributed by atoms with E-state index in [1.54, 1.807) is 6.26 Å². The minimum Gasteiger partial charge on any atom is -0.494 e. The van der Waals surface area contributed by atoms with Crippen molar-refractivity contribution in [1.29, 1.82) is 0 Å². The quantitative estimate of drug-likeness (QED) is 0.613. The van der Waals surface area contributed by atoms with E-state index >= 15 is 0 Å². The van der Waals surface area contributed by atoms with Crippen molar-refractivity contribution in [3.05, 3.63) is 54.0 Å². The van der Waals surface area contributed by atoms with E-state index in [0.29, 0.717) is 6.61 Å². The Morgan fingerprint density at radius 1 is 1.35 bits per heavy atom. The number of hydrogen-bond donors (Lipinski definition) is 2. The van der Waals surface area contributed by atoms with Gasteiger partial charge in [0.1, 0.15) is 17.6 Å². The van der Waals surface area contributed by atoms with Crippen LogP contribution in [-0.2, 0) is 0 Å². The van der Waals surface area contributed by atoms with Gasteiger partial charge in [0.2, 0.25) is 0 Å². The van der Waals surface area contributed by atoms with Crippen molar-refractivity contribution in [2.45, 2.75) is 13.0 Å². The molecule has 0 radical (unpaired) electrons. The number of nitrogens with one attached hydrogen (secondary N) is 1. The molecule has 1 heterocycles. The van der Waals surface area contributed by atoms with Crippen LogP contribution in [0.25, 0.3) is 0 Å². The van der Waals surface area contributed by atoms with Crippen LogP contribution in [0.3, 0.4) is 0 Å². The summed E-state index contributed by atoms with van der Waals surface area (Å²) in [6, 6.07) is 11.4. The average molecular weight is 232 g/mol. The molecule has 0 saturated heterocycles. The highest BCUT2D eigenvalue weighted by Crippen LogP contribution is 2.24. The first kappa shape index (κ1) is 11.7. The van der Waals surface area contributed by atoms with Crippen LogP contribution in [0.1, 0.15) is 24.3 Å². The standard InChI is InChI=1S/C13H16N2O2/c1-2-16-11-6-3-5-10(9-11)13(15-14)12-7-4-8-17-12/h3-9,13,15H,2,14H2,1H3. The van der Waals surface area contributed by atoms with E-state index < -0.39 is 0 Å². The number of nitrogens with two attached hydrogens (primary N) is 1. The Hall–Kier alpha value is -1.78. The predicted molar refractivity (Wildman–Crippen MR) is 65.5 cm³/mol. The Bertz CT molecular complexity index is 454. The molecule has 1 atom stereocenters. The van der Waals surface area contributed by atoms with Crippen LogP contribution in [0, 0.1) is 0 Å². The van der Waals surface area contributed by atoms with Crippen LogP contribution < -0.4 is 16.0 Å². The maximum absolute atomic E-state index is 5.57. The minimum atomic E-state index is -0.162. The molecule has 2 rings (SSSR count). The third kappa shape index (κ3) is 2.67. The zero-order chi connectivity index (χ0) is 12.1. The second-order valence-electron chi connectivity index (χ2n) is 3.62. The Balaban J connectivity index is 2.28. The van der Waals surface area contributed by atoms with E-state index in [0.717, 1.165) is 17.1 Å². The molecule has 0 spiro atoms. The van der Waals surface area contributed by atoms with Crippen LogP contribution in [-0.4, -0.2) is 6.61 Å². The highest BCUT2D eigenvalue weighted by molar-refractivity contribution is 5.33. The molecule has 1 unspecified atom stereocenters. The van der Waals surface area contributed by atoms with Gasteiger partial charge in [-0.25, -0.2) is 5.43 Å². The summed E-state index contributed by atoms with van der Waals surface area (Å²) in [6.07, 6.45) is 1.63. The third-order valence-corrected chi connectivity index (χ3v) is 2.50. The van der Waals surface area contributed by atoms with Crippen molar-refractivity contribution in [2.24, 2.45) is 5.84 Å². The first-order chi connectivity index (χ1) is 8.35. The van der Waals surface area contributed by atoms with Gasteiger partial charge in [-0.3, -0.25) is 5.84 Å². The maximum Gasteiger partial charge on any atom is 0.126 e. The molecule has 2 aromatic rings. The molecule has 0 aliphatic heterocycles. The van der Waals surface area contributed by atoms with Crippen molar-refractivity contribution < 1.29 is 9.15 Å². The summed E-state index contributed by atoms with van der Waals surface area (Å²) >= 11 is 0. The first-order valence-electron chi connectivity index (χ1n) is 5.57. The number of benzene rings is 1. The third-order valence-electron chi connectivity index (χ3n) is 2.50. The lowest BCUT2D eigenvalue weighted by molar-refractivity contribution is 0.339. The summed E-state index contributed by atoms with van der Waals surface area (Å²) in [5, 5.41) is 0. The molecule has 3 N–H and O–H groups in total. The average Bonchev–Trinajstić information content (AvgIpc) is 2.85. The summed E-state index contributed by atoms with van der Waals surface area (Å²) < 4.78 is 10.8. The van der Waals surface area contributed by atoms with Crippen LogP contribution in [0.2, 0.25) is 0 Å². The summed E-state index contributed by atoms with van der Waals surface area (Å²) in [6.45, 7) is 2.60. The van der Waals surface area contributed by atoms with Gasteiger partial charge in [-0.1, -0.05) is 12.1 Å². The van der Waals surface area contributed by atoms with Gasteiger partial charge < -0.3 is 9.15 Å².